The number of hydrogen-bond acceptors (Lipinski definition) is 5. The van der Waals surface area contributed by atoms with Crippen LogP contribution in [0.1, 0.15) is 31.4 Å². The van der Waals surface area contributed by atoms with Crippen LogP contribution in [0.3, 0.4) is 0 Å². The Bertz CT molecular complexity index is 1110. The fourth-order valence-electron chi connectivity index (χ4n) is 5.44. The van der Waals surface area contributed by atoms with Crippen molar-refractivity contribution in [2.75, 3.05) is 25.0 Å². The summed E-state index contributed by atoms with van der Waals surface area (Å²) in [6, 6.07) is 10.4. The number of nitrogens with zero attached hydrogens (tertiary/aromatic N) is 2. The van der Waals surface area contributed by atoms with Crippen molar-refractivity contribution in [1.82, 2.24) is 0 Å². The Balaban J connectivity index is 1.76. The van der Waals surface area contributed by atoms with Crippen LogP contribution in [0.15, 0.2) is 34.3 Å². The first-order valence-electron chi connectivity index (χ1n) is 10.7. The molecule has 2 aromatic rings. The van der Waals surface area contributed by atoms with Gasteiger partial charge in [0.05, 0.1) is 23.0 Å². The molecule has 3 heterocycles. The van der Waals surface area contributed by atoms with Gasteiger partial charge in [0.1, 0.15) is 8.07 Å². The van der Waals surface area contributed by atoms with E-state index in [1.165, 1.54) is 27.2 Å². The molecule has 1 atom stereocenters. The molecule has 0 fully saturated rings. The van der Waals surface area contributed by atoms with Gasteiger partial charge in [-0.05, 0) is 76.6 Å². The number of anilines is 1. The summed E-state index contributed by atoms with van der Waals surface area (Å²) in [5.41, 5.74) is 5.64. The quantitative estimate of drug-likeness (QED) is 0.451. The molecular weight excluding hydrogens is 378 g/mol. The lowest BCUT2D eigenvalue weighted by molar-refractivity contribution is -0.128. The predicted molar refractivity (Wildman–Crippen MR) is 117 cm³/mol. The fraction of sp³-hybridized carbons (Fsp3) is 0.435. The summed E-state index contributed by atoms with van der Waals surface area (Å²) in [7, 11) is -2.13. The Morgan fingerprint density at radius 1 is 1.14 bits per heavy atom. The highest BCUT2D eigenvalue weighted by Crippen LogP contribution is 2.35. The van der Waals surface area contributed by atoms with Gasteiger partial charge in [0, 0.05) is 18.8 Å². The summed E-state index contributed by atoms with van der Waals surface area (Å²) in [6.45, 7) is 7.64. The van der Waals surface area contributed by atoms with Crippen molar-refractivity contribution in [3.05, 3.63) is 46.1 Å². The molecule has 3 aliphatic heterocycles. The van der Waals surface area contributed by atoms with Crippen LogP contribution in [0.5, 0.6) is 0 Å². The minimum Gasteiger partial charge on any atom is -0.468 e. The van der Waals surface area contributed by atoms with Crippen molar-refractivity contribution in [3.8, 4) is 0 Å². The molecule has 2 aromatic carbocycles. The maximum atomic E-state index is 10.7. The second-order valence-corrected chi connectivity index (χ2v) is 13.3. The van der Waals surface area contributed by atoms with E-state index in [0.29, 0.717) is 18.6 Å². The summed E-state index contributed by atoms with van der Waals surface area (Å²) < 4.78 is 5.06. The molecule has 0 aromatic heterocycles. The summed E-state index contributed by atoms with van der Waals surface area (Å²) >= 11 is 0. The molecule has 1 N–H and O–H groups in total. The van der Waals surface area contributed by atoms with E-state index in [1.54, 1.807) is 0 Å². The van der Waals surface area contributed by atoms with Gasteiger partial charge in [-0.2, -0.15) is 0 Å². The van der Waals surface area contributed by atoms with E-state index in [9.17, 15) is 4.79 Å². The maximum absolute atomic E-state index is 10.7. The highest BCUT2D eigenvalue weighted by atomic mass is 28.3. The molecule has 0 saturated heterocycles. The first-order chi connectivity index (χ1) is 14.1. The van der Waals surface area contributed by atoms with Crippen molar-refractivity contribution >= 4 is 36.3 Å². The van der Waals surface area contributed by atoms with Gasteiger partial charge in [0.25, 0.3) is 6.47 Å². The minimum atomic E-state index is -2.13. The molecule has 0 aliphatic carbocycles. The minimum absolute atomic E-state index is 0.477. The first kappa shape index (κ1) is 18.5. The van der Waals surface area contributed by atoms with E-state index in [1.807, 2.05) is 0 Å². The Kier molecular flexibility index (Phi) is 4.54. The zero-order chi connectivity index (χ0) is 20.0. The van der Waals surface area contributed by atoms with E-state index in [0.717, 1.165) is 54.8 Å². The van der Waals surface area contributed by atoms with Crippen LogP contribution in [-0.4, -0.2) is 34.2 Å². The van der Waals surface area contributed by atoms with Crippen molar-refractivity contribution in [2.24, 2.45) is 9.98 Å². The van der Waals surface area contributed by atoms with Crippen LogP contribution in [0.25, 0.3) is 0 Å². The average molecular weight is 406 g/mol. The molecule has 0 spiro atoms. The molecule has 0 amide bonds. The number of nitrogens with one attached hydrogen (secondary N) is 1. The van der Waals surface area contributed by atoms with Crippen LogP contribution in [0, 0.1) is 0 Å². The number of ether oxygens (including phenoxy) is 1. The van der Waals surface area contributed by atoms with E-state index in [-0.39, 0.29) is 0 Å². The van der Waals surface area contributed by atoms with E-state index in [2.05, 4.69) is 43.4 Å². The number of rotatable bonds is 6. The average Bonchev–Trinajstić information content (AvgIpc) is 3.35. The second kappa shape index (κ2) is 7.09. The van der Waals surface area contributed by atoms with Gasteiger partial charge >= 0.3 is 0 Å². The molecule has 5 rings (SSSR count). The number of carbonyl (C=O) groups is 1. The molecule has 29 heavy (non-hydrogen) atoms. The van der Waals surface area contributed by atoms with Gasteiger partial charge < -0.3 is 10.1 Å². The second-order valence-electron chi connectivity index (χ2n) is 8.64. The van der Waals surface area contributed by atoms with E-state index < -0.39 is 8.07 Å². The van der Waals surface area contributed by atoms with E-state index in [4.69, 9.17) is 14.7 Å². The predicted octanol–water partition coefficient (Wildman–Crippen LogP) is 1.63. The third-order valence-corrected chi connectivity index (χ3v) is 12.7. The maximum Gasteiger partial charge on any atom is 0.293 e. The summed E-state index contributed by atoms with van der Waals surface area (Å²) in [5, 5.41) is 8.70. The monoisotopic (exact) mass is 405 g/mol. The SMILES string of the molecule is CC(C)[Si]1(CCCOC=O)c2cc3c(cc2N=c2cc4c(cc21)=NCC4)CCN3. The molecular formula is C23H27N3O2Si. The molecule has 150 valence electrons. The normalized spacial score (nSPS) is 20.7. The summed E-state index contributed by atoms with van der Waals surface area (Å²) in [4.78, 5) is 20.6. The van der Waals surface area contributed by atoms with Gasteiger partial charge in [-0.15, -0.1) is 0 Å². The van der Waals surface area contributed by atoms with Gasteiger partial charge in [-0.25, -0.2) is 4.99 Å². The van der Waals surface area contributed by atoms with Gasteiger partial charge in [-0.1, -0.05) is 13.8 Å². The van der Waals surface area contributed by atoms with Gasteiger partial charge in [-0.3, -0.25) is 9.79 Å². The first-order valence-corrected chi connectivity index (χ1v) is 12.9. The molecule has 6 heteroatoms. The Hall–Kier alpha value is -2.47. The Labute approximate surface area is 171 Å². The highest BCUT2D eigenvalue weighted by Gasteiger charge is 2.45. The largest absolute Gasteiger partial charge is 0.468 e. The summed E-state index contributed by atoms with van der Waals surface area (Å²) in [6.07, 6.45) is 2.96. The number of fused-ring (bicyclic) bond motifs is 4. The van der Waals surface area contributed by atoms with Crippen molar-refractivity contribution in [3.63, 3.8) is 0 Å². The zero-order valence-corrected chi connectivity index (χ0v) is 18.1. The molecule has 0 radical (unpaired) electrons. The smallest absolute Gasteiger partial charge is 0.293 e. The Morgan fingerprint density at radius 3 is 2.86 bits per heavy atom. The number of hydrogen-bond donors (Lipinski definition) is 1. The molecule has 0 saturated carbocycles. The van der Waals surface area contributed by atoms with Crippen LogP contribution < -0.4 is 26.4 Å². The van der Waals surface area contributed by atoms with E-state index >= 15 is 0 Å². The lowest BCUT2D eigenvalue weighted by Gasteiger charge is -2.40. The van der Waals surface area contributed by atoms with Crippen molar-refractivity contribution in [2.45, 2.75) is 44.7 Å². The third kappa shape index (κ3) is 2.84. The molecule has 0 bridgehead atoms. The van der Waals surface area contributed by atoms with Crippen LogP contribution in [0.2, 0.25) is 11.6 Å². The lowest BCUT2D eigenvalue weighted by Crippen LogP contribution is -2.67. The Morgan fingerprint density at radius 2 is 2.03 bits per heavy atom. The topological polar surface area (TPSA) is 63.0 Å². The van der Waals surface area contributed by atoms with Gasteiger partial charge in [0.15, 0.2) is 0 Å². The van der Waals surface area contributed by atoms with Crippen LogP contribution >= 0.6 is 0 Å². The van der Waals surface area contributed by atoms with Gasteiger partial charge in [0.2, 0.25) is 0 Å². The standard InChI is InChI=1S/C23H27N3O2Si/c1-15(2)29(9-3-8-28-14-27)22-12-18-16(4-6-24-18)10-20(22)26-21-11-17-5-7-25-19(17)13-23(21)29/h10-15,24H,3-9H2,1-2H3. The summed E-state index contributed by atoms with van der Waals surface area (Å²) in [5.74, 6) is 0. The van der Waals surface area contributed by atoms with Crippen LogP contribution in [-0.2, 0) is 22.4 Å². The molecule has 3 aliphatic rings. The number of carbonyl (C=O) groups excluding carboxylic acids is 1. The van der Waals surface area contributed by atoms with Crippen molar-refractivity contribution < 1.29 is 9.53 Å². The fourth-order valence-corrected chi connectivity index (χ4v) is 10.8. The zero-order valence-electron chi connectivity index (χ0n) is 17.1. The highest BCUT2D eigenvalue weighted by molar-refractivity contribution is 7.04. The van der Waals surface area contributed by atoms with Crippen LogP contribution in [0.4, 0.5) is 11.4 Å². The number of benzene rings is 2. The van der Waals surface area contributed by atoms with Crippen molar-refractivity contribution in [1.29, 1.82) is 0 Å². The third-order valence-electron chi connectivity index (χ3n) is 6.88. The lowest BCUT2D eigenvalue weighted by atomic mass is 10.1. The molecule has 1 unspecified atom stereocenters. The molecule has 5 nitrogen and oxygen atoms in total.